The van der Waals surface area contributed by atoms with Gasteiger partial charge in [0.15, 0.2) is 0 Å². The van der Waals surface area contributed by atoms with Crippen molar-refractivity contribution in [2.45, 2.75) is 13.3 Å². The van der Waals surface area contributed by atoms with Crippen LogP contribution < -0.4 is 0 Å². The van der Waals surface area contributed by atoms with Crippen molar-refractivity contribution >= 4 is 17.8 Å². The molecule has 0 amide bonds. The Hall–Kier alpha value is -1.90. The number of carbonyl (C=O) groups excluding carboxylic acids is 2. The maximum atomic E-state index is 10.9. The van der Waals surface area contributed by atoms with Crippen molar-refractivity contribution in [1.29, 1.82) is 0 Å². The summed E-state index contributed by atoms with van der Waals surface area (Å²) in [6, 6.07) is 7.48. The fourth-order valence-electron chi connectivity index (χ4n) is 1.33. The molecule has 3 nitrogen and oxygen atoms in total. The Morgan fingerprint density at radius 2 is 2.12 bits per heavy atom. The van der Waals surface area contributed by atoms with Gasteiger partial charge in [0.25, 0.3) is 0 Å². The summed E-state index contributed by atoms with van der Waals surface area (Å²) in [5.74, 6) is -0.272. The first-order valence-electron chi connectivity index (χ1n) is 4.96. The molecule has 0 aliphatic carbocycles. The Labute approximate surface area is 94.7 Å². The van der Waals surface area contributed by atoms with Gasteiger partial charge in [-0.15, -0.1) is 0 Å². The van der Waals surface area contributed by atoms with Crippen molar-refractivity contribution in [1.82, 2.24) is 0 Å². The highest BCUT2D eigenvalue weighted by Gasteiger charge is 1.98. The van der Waals surface area contributed by atoms with Gasteiger partial charge in [-0.3, -0.25) is 4.79 Å². The lowest BCUT2D eigenvalue weighted by Gasteiger charge is -1.99. The molecule has 0 spiro atoms. The molecule has 1 aromatic rings. The van der Waals surface area contributed by atoms with E-state index in [0.29, 0.717) is 6.42 Å². The molecule has 0 aliphatic heterocycles. The van der Waals surface area contributed by atoms with Crippen LogP contribution in [-0.4, -0.2) is 18.9 Å². The zero-order valence-corrected chi connectivity index (χ0v) is 9.40. The lowest BCUT2D eigenvalue weighted by molar-refractivity contribution is -0.134. The Morgan fingerprint density at radius 3 is 2.75 bits per heavy atom. The Morgan fingerprint density at radius 1 is 1.38 bits per heavy atom. The van der Waals surface area contributed by atoms with Gasteiger partial charge in [-0.2, -0.15) is 0 Å². The fourth-order valence-corrected chi connectivity index (χ4v) is 1.33. The maximum absolute atomic E-state index is 10.9. The third kappa shape index (κ3) is 4.09. The second-order valence-electron chi connectivity index (χ2n) is 3.48. The molecule has 0 aromatic heterocycles. The number of methoxy groups -OCH3 is 1. The fraction of sp³-hybridized carbons (Fsp3) is 0.231. The van der Waals surface area contributed by atoms with E-state index in [9.17, 15) is 9.59 Å². The van der Waals surface area contributed by atoms with E-state index < -0.39 is 5.97 Å². The van der Waals surface area contributed by atoms with Crippen molar-refractivity contribution in [3.63, 3.8) is 0 Å². The molecule has 1 aromatic carbocycles. The summed E-state index contributed by atoms with van der Waals surface area (Å²) >= 11 is 0. The quantitative estimate of drug-likeness (QED) is 0.573. The van der Waals surface area contributed by atoms with Crippen LogP contribution in [0, 0.1) is 0 Å². The zero-order chi connectivity index (χ0) is 12.0. The molecule has 0 N–H and O–H groups in total. The molecule has 84 valence electrons. The van der Waals surface area contributed by atoms with Gasteiger partial charge in [0, 0.05) is 12.5 Å². The van der Waals surface area contributed by atoms with Crippen LogP contribution in [0.25, 0.3) is 6.08 Å². The van der Waals surface area contributed by atoms with E-state index in [1.807, 2.05) is 24.3 Å². The van der Waals surface area contributed by atoms with E-state index in [0.717, 1.165) is 11.1 Å². The summed E-state index contributed by atoms with van der Waals surface area (Å²) in [5, 5.41) is 0. The molecule has 0 atom stereocenters. The minimum atomic E-state index is -0.392. The molecule has 3 heteroatoms. The number of hydrogen-bond acceptors (Lipinski definition) is 3. The molecular weight excluding hydrogens is 204 g/mol. The molecular formula is C13H14O3. The lowest BCUT2D eigenvalue weighted by atomic mass is 10.1. The van der Waals surface area contributed by atoms with E-state index >= 15 is 0 Å². The number of hydrogen-bond donors (Lipinski definition) is 0. The third-order valence-electron chi connectivity index (χ3n) is 2.02. The van der Waals surface area contributed by atoms with Crippen LogP contribution in [0.5, 0.6) is 0 Å². The topological polar surface area (TPSA) is 43.4 Å². The number of ether oxygens (including phenoxy) is 1. The first-order chi connectivity index (χ1) is 7.61. The smallest absolute Gasteiger partial charge is 0.330 e. The van der Waals surface area contributed by atoms with Crippen LogP contribution in [0.4, 0.5) is 0 Å². The van der Waals surface area contributed by atoms with Gasteiger partial charge in [-0.25, -0.2) is 4.79 Å². The molecule has 0 bridgehead atoms. The van der Waals surface area contributed by atoms with Crippen molar-refractivity contribution in [3.05, 3.63) is 41.5 Å². The highest BCUT2D eigenvalue weighted by atomic mass is 16.5. The van der Waals surface area contributed by atoms with Crippen LogP contribution in [0.15, 0.2) is 30.3 Å². The van der Waals surface area contributed by atoms with E-state index in [2.05, 4.69) is 4.74 Å². The number of esters is 1. The molecule has 0 aliphatic rings. The van der Waals surface area contributed by atoms with E-state index in [1.54, 1.807) is 13.0 Å². The van der Waals surface area contributed by atoms with Crippen LogP contribution in [0.1, 0.15) is 18.1 Å². The maximum Gasteiger partial charge on any atom is 0.330 e. The number of carbonyl (C=O) groups is 2. The van der Waals surface area contributed by atoms with E-state index in [-0.39, 0.29) is 5.78 Å². The first-order valence-corrected chi connectivity index (χ1v) is 4.96. The Kier molecular flexibility index (Phi) is 4.45. The summed E-state index contributed by atoms with van der Waals surface area (Å²) in [6.07, 6.45) is 3.43. The second kappa shape index (κ2) is 5.85. The summed E-state index contributed by atoms with van der Waals surface area (Å²) in [5.41, 5.74) is 1.82. The van der Waals surface area contributed by atoms with Gasteiger partial charge in [-0.05, 0) is 24.1 Å². The average Bonchev–Trinajstić information content (AvgIpc) is 2.25. The third-order valence-corrected chi connectivity index (χ3v) is 2.02. The summed E-state index contributed by atoms with van der Waals surface area (Å²) < 4.78 is 4.49. The number of benzene rings is 1. The lowest BCUT2D eigenvalue weighted by Crippen LogP contribution is -1.96. The number of ketones is 1. The van der Waals surface area contributed by atoms with Crippen LogP contribution in [0.3, 0.4) is 0 Å². The molecule has 0 radical (unpaired) electrons. The molecule has 0 fully saturated rings. The SMILES string of the molecule is COC(=O)C=Cc1cccc(CC(C)=O)c1. The standard InChI is InChI=1S/C13H14O3/c1-10(14)8-12-5-3-4-11(9-12)6-7-13(15)16-2/h3-7,9H,8H2,1-2H3. The molecule has 0 unspecified atom stereocenters. The van der Waals surface area contributed by atoms with Gasteiger partial charge in [0.2, 0.25) is 0 Å². The Balaban J connectivity index is 2.78. The van der Waals surface area contributed by atoms with Crippen molar-refractivity contribution < 1.29 is 14.3 Å². The highest BCUT2D eigenvalue weighted by molar-refractivity contribution is 5.87. The van der Waals surface area contributed by atoms with Crippen LogP contribution in [0.2, 0.25) is 0 Å². The van der Waals surface area contributed by atoms with Gasteiger partial charge in [-0.1, -0.05) is 24.3 Å². The molecule has 0 saturated heterocycles. The summed E-state index contributed by atoms with van der Waals surface area (Å²) in [4.78, 5) is 21.8. The first kappa shape index (κ1) is 12.2. The van der Waals surface area contributed by atoms with E-state index in [1.165, 1.54) is 13.2 Å². The van der Waals surface area contributed by atoms with E-state index in [4.69, 9.17) is 0 Å². The predicted octanol–water partition coefficient (Wildman–Crippen LogP) is 2.00. The van der Waals surface area contributed by atoms with Crippen molar-refractivity contribution in [2.24, 2.45) is 0 Å². The molecule has 0 heterocycles. The van der Waals surface area contributed by atoms with Gasteiger partial charge in [0.1, 0.15) is 5.78 Å². The van der Waals surface area contributed by atoms with Gasteiger partial charge in [0.05, 0.1) is 7.11 Å². The number of rotatable bonds is 4. The second-order valence-corrected chi connectivity index (χ2v) is 3.48. The summed E-state index contributed by atoms with van der Waals surface area (Å²) in [6.45, 7) is 1.55. The van der Waals surface area contributed by atoms with Gasteiger partial charge >= 0.3 is 5.97 Å². The molecule has 0 saturated carbocycles. The normalized spacial score (nSPS) is 10.4. The minimum Gasteiger partial charge on any atom is -0.466 e. The molecule has 16 heavy (non-hydrogen) atoms. The predicted molar refractivity (Wildman–Crippen MR) is 61.9 cm³/mol. The Bertz CT molecular complexity index is 419. The van der Waals surface area contributed by atoms with Crippen LogP contribution >= 0.6 is 0 Å². The molecule has 1 rings (SSSR count). The van der Waals surface area contributed by atoms with Gasteiger partial charge < -0.3 is 4.74 Å². The zero-order valence-electron chi connectivity index (χ0n) is 9.40. The highest BCUT2D eigenvalue weighted by Crippen LogP contribution is 2.08. The van der Waals surface area contributed by atoms with Crippen molar-refractivity contribution in [3.8, 4) is 0 Å². The monoisotopic (exact) mass is 218 g/mol. The largest absolute Gasteiger partial charge is 0.466 e. The van der Waals surface area contributed by atoms with Crippen molar-refractivity contribution in [2.75, 3.05) is 7.11 Å². The number of Topliss-reactive ketones (excluding diaryl/α,β-unsaturated/α-hetero) is 1. The van der Waals surface area contributed by atoms with Crippen LogP contribution in [-0.2, 0) is 20.7 Å². The average molecular weight is 218 g/mol. The summed E-state index contributed by atoms with van der Waals surface area (Å²) in [7, 11) is 1.33. The minimum absolute atomic E-state index is 0.120.